The van der Waals surface area contributed by atoms with Gasteiger partial charge in [0.1, 0.15) is 0 Å². The molecule has 0 amide bonds. The summed E-state index contributed by atoms with van der Waals surface area (Å²) in [5, 5.41) is 2.06. The van der Waals surface area contributed by atoms with E-state index in [4.69, 9.17) is 4.84 Å². The van der Waals surface area contributed by atoms with Gasteiger partial charge >= 0.3 is 0 Å². The van der Waals surface area contributed by atoms with Gasteiger partial charge in [0.15, 0.2) is 0 Å². The van der Waals surface area contributed by atoms with E-state index in [1.807, 2.05) is 0 Å². The van der Waals surface area contributed by atoms with Crippen LogP contribution in [0.5, 0.6) is 0 Å². The first-order chi connectivity index (χ1) is 7.36. The third kappa shape index (κ3) is 1.48. The molecule has 1 aromatic carbocycles. The second-order valence-electron chi connectivity index (χ2n) is 4.64. The van der Waals surface area contributed by atoms with Gasteiger partial charge in [0.2, 0.25) is 0 Å². The molecule has 3 rings (SSSR count). The minimum atomic E-state index is 0.471. The fraction of sp³-hybridized carbons (Fsp3) is 0.538. The first-order valence-corrected chi connectivity index (χ1v) is 5.81. The van der Waals surface area contributed by atoms with Crippen molar-refractivity contribution in [3.8, 4) is 0 Å². The number of hydroxylamine groups is 2. The van der Waals surface area contributed by atoms with E-state index in [9.17, 15) is 0 Å². The van der Waals surface area contributed by atoms with Crippen LogP contribution < -0.4 is 0 Å². The molecule has 1 heterocycles. The molecule has 0 bridgehead atoms. The van der Waals surface area contributed by atoms with E-state index in [0.29, 0.717) is 18.1 Å². The van der Waals surface area contributed by atoms with Crippen LogP contribution in [0.3, 0.4) is 0 Å². The predicted molar refractivity (Wildman–Crippen MR) is 59.2 cm³/mol. The van der Waals surface area contributed by atoms with Crippen LogP contribution in [0.2, 0.25) is 0 Å². The van der Waals surface area contributed by atoms with E-state index in [1.165, 1.54) is 24.8 Å². The van der Waals surface area contributed by atoms with Gasteiger partial charge in [-0.2, -0.15) is 5.06 Å². The Morgan fingerprint density at radius 3 is 2.80 bits per heavy atom. The number of hydrogen-bond donors (Lipinski definition) is 0. The SMILES string of the molecule is CN1O[C@@H]2CCC[C@H]2[C@@H]1c1ccccc1. The third-order valence-corrected chi connectivity index (χ3v) is 3.74. The Morgan fingerprint density at radius 2 is 2.00 bits per heavy atom. The maximum atomic E-state index is 5.89. The van der Waals surface area contributed by atoms with Crippen LogP contribution in [0.4, 0.5) is 0 Å². The van der Waals surface area contributed by atoms with E-state index in [2.05, 4.69) is 42.4 Å². The molecule has 0 aromatic heterocycles. The molecule has 1 aliphatic heterocycles. The Bertz CT molecular complexity index is 338. The minimum Gasteiger partial charge on any atom is -0.295 e. The van der Waals surface area contributed by atoms with Crippen molar-refractivity contribution in [1.29, 1.82) is 0 Å². The molecule has 1 saturated heterocycles. The summed E-state index contributed by atoms with van der Waals surface area (Å²) in [5.74, 6) is 0.706. The Kier molecular flexibility index (Phi) is 2.26. The van der Waals surface area contributed by atoms with Crippen molar-refractivity contribution in [2.75, 3.05) is 7.05 Å². The van der Waals surface area contributed by atoms with E-state index >= 15 is 0 Å². The van der Waals surface area contributed by atoms with Crippen molar-refractivity contribution >= 4 is 0 Å². The minimum absolute atomic E-state index is 0.471. The zero-order chi connectivity index (χ0) is 10.3. The molecule has 2 fully saturated rings. The smallest absolute Gasteiger partial charge is 0.0840 e. The Hall–Kier alpha value is -0.860. The molecule has 2 heteroatoms. The van der Waals surface area contributed by atoms with E-state index in [-0.39, 0.29) is 0 Å². The molecule has 1 aromatic rings. The first kappa shape index (κ1) is 9.37. The third-order valence-electron chi connectivity index (χ3n) is 3.74. The van der Waals surface area contributed by atoms with Crippen LogP contribution in [0.25, 0.3) is 0 Å². The highest BCUT2D eigenvalue weighted by Gasteiger charge is 2.44. The van der Waals surface area contributed by atoms with Crippen LogP contribution in [0, 0.1) is 5.92 Å². The Morgan fingerprint density at radius 1 is 1.20 bits per heavy atom. The summed E-state index contributed by atoms with van der Waals surface area (Å²) in [6.07, 6.45) is 4.35. The molecule has 2 aliphatic rings. The average Bonchev–Trinajstić information content (AvgIpc) is 2.78. The number of hydrogen-bond acceptors (Lipinski definition) is 2. The van der Waals surface area contributed by atoms with Crippen molar-refractivity contribution in [2.24, 2.45) is 5.92 Å². The first-order valence-electron chi connectivity index (χ1n) is 5.81. The Balaban J connectivity index is 1.91. The molecular weight excluding hydrogens is 186 g/mol. The summed E-state index contributed by atoms with van der Waals surface area (Å²) in [5.41, 5.74) is 1.40. The van der Waals surface area contributed by atoms with Gasteiger partial charge in [0, 0.05) is 13.0 Å². The molecule has 1 aliphatic carbocycles. The van der Waals surface area contributed by atoms with Crippen molar-refractivity contribution < 1.29 is 4.84 Å². The number of nitrogens with zero attached hydrogens (tertiary/aromatic N) is 1. The summed E-state index contributed by atoms with van der Waals surface area (Å²) in [7, 11) is 2.07. The lowest BCUT2D eigenvalue weighted by atomic mass is 9.91. The molecule has 2 nitrogen and oxygen atoms in total. The molecule has 0 unspecified atom stereocenters. The second kappa shape index (κ2) is 3.62. The standard InChI is InChI=1S/C13H17NO/c1-14-13(10-6-3-2-4-7-10)11-8-5-9-12(11)15-14/h2-4,6-7,11-13H,5,8-9H2,1H3/t11-,12-,13+/m1/s1. The predicted octanol–water partition coefficient (Wildman–Crippen LogP) is 2.77. The number of benzene rings is 1. The molecule has 0 N–H and O–H groups in total. The summed E-state index contributed by atoms with van der Waals surface area (Å²) in [6.45, 7) is 0. The lowest BCUT2D eigenvalue weighted by molar-refractivity contribution is -0.144. The van der Waals surface area contributed by atoms with Gasteiger partial charge in [-0.05, 0) is 18.4 Å². The van der Waals surface area contributed by atoms with Crippen molar-refractivity contribution in [3.63, 3.8) is 0 Å². The monoisotopic (exact) mass is 203 g/mol. The van der Waals surface area contributed by atoms with E-state index < -0.39 is 0 Å². The molecular formula is C13H17NO. The molecule has 1 saturated carbocycles. The summed E-state index contributed by atoms with van der Waals surface area (Å²) >= 11 is 0. The summed E-state index contributed by atoms with van der Waals surface area (Å²) in [6, 6.07) is 11.2. The molecule has 3 atom stereocenters. The highest BCUT2D eigenvalue weighted by Crippen LogP contribution is 2.46. The van der Waals surface area contributed by atoms with Gasteiger partial charge in [-0.25, -0.2) is 0 Å². The van der Waals surface area contributed by atoms with Crippen LogP contribution >= 0.6 is 0 Å². The van der Waals surface area contributed by atoms with Gasteiger partial charge < -0.3 is 0 Å². The molecule has 0 spiro atoms. The van der Waals surface area contributed by atoms with Crippen molar-refractivity contribution in [2.45, 2.75) is 31.4 Å². The zero-order valence-electron chi connectivity index (χ0n) is 9.10. The second-order valence-corrected chi connectivity index (χ2v) is 4.64. The highest BCUT2D eigenvalue weighted by atomic mass is 16.7. The van der Waals surface area contributed by atoms with Gasteiger partial charge in [-0.1, -0.05) is 36.8 Å². The Labute approximate surface area is 90.8 Å². The van der Waals surface area contributed by atoms with Crippen LogP contribution in [-0.4, -0.2) is 18.2 Å². The van der Waals surface area contributed by atoms with Crippen LogP contribution in [0.15, 0.2) is 30.3 Å². The van der Waals surface area contributed by atoms with Crippen LogP contribution in [0.1, 0.15) is 30.9 Å². The molecule has 0 radical (unpaired) electrons. The molecule has 15 heavy (non-hydrogen) atoms. The van der Waals surface area contributed by atoms with E-state index in [1.54, 1.807) is 0 Å². The van der Waals surface area contributed by atoms with Crippen LogP contribution in [-0.2, 0) is 4.84 Å². The lowest BCUT2D eigenvalue weighted by Crippen LogP contribution is -2.19. The van der Waals surface area contributed by atoms with E-state index in [0.717, 1.165) is 0 Å². The maximum absolute atomic E-state index is 5.89. The average molecular weight is 203 g/mol. The quantitative estimate of drug-likeness (QED) is 0.696. The summed E-state index contributed by atoms with van der Waals surface area (Å²) < 4.78 is 0. The van der Waals surface area contributed by atoms with Gasteiger partial charge in [0.05, 0.1) is 12.1 Å². The highest BCUT2D eigenvalue weighted by molar-refractivity contribution is 5.21. The van der Waals surface area contributed by atoms with Gasteiger partial charge in [-0.15, -0.1) is 0 Å². The van der Waals surface area contributed by atoms with Gasteiger partial charge in [0.25, 0.3) is 0 Å². The summed E-state index contributed by atoms with van der Waals surface area (Å²) in [4.78, 5) is 5.89. The van der Waals surface area contributed by atoms with Gasteiger partial charge in [-0.3, -0.25) is 4.84 Å². The maximum Gasteiger partial charge on any atom is 0.0840 e. The number of rotatable bonds is 1. The fourth-order valence-electron chi connectivity index (χ4n) is 3.10. The zero-order valence-corrected chi connectivity index (χ0v) is 9.10. The lowest BCUT2D eigenvalue weighted by Gasteiger charge is -2.21. The topological polar surface area (TPSA) is 12.5 Å². The molecule has 80 valence electrons. The normalized spacial score (nSPS) is 35.7. The van der Waals surface area contributed by atoms with Crippen molar-refractivity contribution in [1.82, 2.24) is 5.06 Å². The van der Waals surface area contributed by atoms with Crippen molar-refractivity contribution in [3.05, 3.63) is 35.9 Å². The largest absolute Gasteiger partial charge is 0.295 e. The fourth-order valence-corrected chi connectivity index (χ4v) is 3.10. The number of fused-ring (bicyclic) bond motifs is 1.